The van der Waals surface area contributed by atoms with Crippen LogP contribution in [0.15, 0.2) is 47.2 Å². The number of benzene rings is 1. The number of nitrogens with one attached hydrogen (secondary N) is 1. The van der Waals surface area contributed by atoms with Crippen molar-refractivity contribution in [3.8, 4) is 0 Å². The first-order valence-electron chi connectivity index (χ1n) is 5.95. The summed E-state index contributed by atoms with van der Waals surface area (Å²) in [6.07, 6.45) is 3.76. The van der Waals surface area contributed by atoms with Crippen LogP contribution in [0.25, 0.3) is 5.52 Å². The maximum atomic E-state index is 6.21. The molecule has 0 aliphatic carbocycles. The number of hydrogen-bond donors (Lipinski definition) is 1. The number of rotatable bonds is 3. The first-order chi connectivity index (χ1) is 9.66. The van der Waals surface area contributed by atoms with Gasteiger partial charge in [-0.2, -0.15) is 5.10 Å². The van der Waals surface area contributed by atoms with E-state index in [-0.39, 0.29) is 0 Å². The lowest BCUT2D eigenvalue weighted by Crippen LogP contribution is -2.00. The summed E-state index contributed by atoms with van der Waals surface area (Å²) in [4.78, 5) is 0. The van der Waals surface area contributed by atoms with Gasteiger partial charge in [0, 0.05) is 22.8 Å². The van der Waals surface area contributed by atoms with Crippen molar-refractivity contribution in [1.29, 1.82) is 0 Å². The van der Waals surface area contributed by atoms with E-state index in [1.165, 1.54) is 0 Å². The molecule has 1 N–H and O–H groups in total. The summed E-state index contributed by atoms with van der Waals surface area (Å²) in [6, 6.07) is 9.73. The van der Waals surface area contributed by atoms with Gasteiger partial charge in [-0.05, 0) is 40.2 Å². The van der Waals surface area contributed by atoms with Gasteiger partial charge in [-0.15, -0.1) is 0 Å². The van der Waals surface area contributed by atoms with Crippen molar-refractivity contribution in [3.05, 3.63) is 62.8 Å². The van der Waals surface area contributed by atoms with Crippen LogP contribution in [0.4, 0.5) is 5.69 Å². The van der Waals surface area contributed by atoms with Crippen LogP contribution in [-0.4, -0.2) is 9.61 Å². The Bertz CT molecular complexity index is 770. The molecule has 0 unspecified atom stereocenters. The average Bonchev–Trinajstić information content (AvgIpc) is 2.87. The molecular weight excluding hydrogens is 361 g/mol. The lowest BCUT2D eigenvalue weighted by atomic mass is 10.2. The number of anilines is 1. The molecule has 2 aromatic heterocycles. The fraction of sp³-hybridized carbons (Fsp3) is 0.0714. The van der Waals surface area contributed by atoms with Crippen molar-refractivity contribution >= 4 is 50.3 Å². The topological polar surface area (TPSA) is 29.3 Å². The molecule has 0 amide bonds. The monoisotopic (exact) mass is 369 g/mol. The van der Waals surface area contributed by atoms with Gasteiger partial charge in [0.1, 0.15) is 0 Å². The predicted molar refractivity (Wildman–Crippen MR) is 86.7 cm³/mol. The minimum atomic E-state index is 0.511. The summed E-state index contributed by atoms with van der Waals surface area (Å²) in [5.41, 5.74) is 2.97. The number of nitrogens with zero attached hydrogens (tertiary/aromatic N) is 2. The second-order valence-electron chi connectivity index (χ2n) is 4.28. The highest BCUT2D eigenvalue weighted by Gasteiger charge is 2.09. The molecule has 0 spiro atoms. The molecule has 0 radical (unpaired) electrons. The maximum absolute atomic E-state index is 6.21. The Morgan fingerprint density at radius 2 is 2.00 bits per heavy atom. The Hall–Kier alpha value is -1.23. The summed E-state index contributed by atoms with van der Waals surface area (Å²) in [6.45, 7) is 0.630. The third kappa shape index (κ3) is 2.51. The van der Waals surface area contributed by atoms with Crippen molar-refractivity contribution in [2.75, 3.05) is 5.32 Å². The maximum Gasteiger partial charge on any atom is 0.0835 e. The standard InChI is InChI=1S/C14H10BrCl2N3/c15-10-4-5-11(14(17)13(10)16)18-7-9-8-19-20-6-2-1-3-12(9)20/h1-6,8,18H,7H2. The van der Waals surface area contributed by atoms with Crippen LogP contribution >= 0.6 is 39.1 Å². The van der Waals surface area contributed by atoms with Gasteiger partial charge in [0.05, 0.1) is 27.4 Å². The van der Waals surface area contributed by atoms with Gasteiger partial charge >= 0.3 is 0 Å². The number of halogens is 3. The van der Waals surface area contributed by atoms with E-state index in [1.807, 2.05) is 47.2 Å². The molecule has 1 aromatic carbocycles. The number of fused-ring (bicyclic) bond motifs is 1. The zero-order chi connectivity index (χ0) is 14.1. The molecule has 3 rings (SSSR count). The van der Waals surface area contributed by atoms with Crippen molar-refractivity contribution < 1.29 is 0 Å². The Morgan fingerprint density at radius 1 is 1.15 bits per heavy atom. The third-order valence-electron chi connectivity index (χ3n) is 3.01. The van der Waals surface area contributed by atoms with Crippen LogP contribution in [0.1, 0.15) is 5.56 Å². The van der Waals surface area contributed by atoms with Gasteiger partial charge in [0.15, 0.2) is 0 Å². The highest BCUT2D eigenvalue weighted by atomic mass is 79.9. The Labute approximate surface area is 134 Å². The number of hydrogen-bond acceptors (Lipinski definition) is 2. The van der Waals surface area contributed by atoms with Crippen LogP contribution < -0.4 is 5.32 Å². The van der Waals surface area contributed by atoms with Crippen molar-refractivity contribution in [3.63, 3.8) is 0 Å². The van der Waals surface area contributed by atoms with E-state index >= 15 is 0 Å². The molecule has 20 heavy (non-hydrogen) atoms. The van der Waals surface area contributed by atoms with E-state index in [0.29, 0.717) is 16.6 Å². The zero-order valence-electron chi connectivity index (χ0n) is 10.3. The number of pyridine rings is 1. The Kier molecular flexibility index (Phi) is 3.87. The molecule has 0 aliphatic rings. The summed E-state index contributed by atoms with van der Waals surface area (Å²) in [5.74, 6) is 0. The highest BCUT2D eigenvalue weighted by molar-refractivity contribution is 9.10. The number of aromatic nitrogens is 2. The molecule has 0 fully saturated rings. The van der Waals surface area contributed by atoms with E-state index in [4.69, 9.17) is 23.2 Å². The molecule has 0 atom stereocenters. The van der Waals surface area contributed by atoms with Gasteiger partial charge in [-0.25, -0.2) is 4.52 Å². The smallest absolute Gasteiger partial charge is 0.0835 e. The normalized spacial score (nSPS) is 10.9. The summed E-state index contributed by atoms with van der Waals surface area (Å²) < 4.78 is 2.62. The lowest BCUT2D eigenvalue weighted by molar-refractivity contribution is 0.961. The van der Waals surface area contributed by atoms with Crippen molar-refractivity contribution in [1.82, 2.24) is 9.61 Å². The quantitative estimate of drug-likeness (QED) is 0.656. The highest BCUT2D eigenvalue weighted by Crippen LogP contribution is 2.36. The fourth-order valence-electron chi connectivity index (χ4n) is 1.98. The first-order valence-corrected chi connectivity index (χ1v) is 7.50. The summed E-state index contributed by atoms with van der Waals surface area (Å²) in [7, 11) is 0. The van der Waals surface area contributed by atoms with Gasteiger partial charge < -0.3 is 5.32 Å². The van der Waals surface area contributed by atoms with Crippen LogP contribution in [0.2, 0.25) is 10.0 Å². The third-order valence-corrected chi connectivity index (χ3v) is 4.78. The molecule has 0 bridgehead atoms. The SMILES string of the molecule is Clc1c(Br)ccc(NCc2cnn3ccccc23)c1Cl. The molecule has 102 valence electrons. The summed E-state index contributed by atoms with van der Waals surface area (Å²) >= 11 is 15.7. The molecule has 2 heterocycles. The van der Waals surface area contributed by atoms with Gasteiger partial charge in [0.2, 0.25) is 0 Å². The summed E-state index contributed by atoms with van der Waals surface area (Å²) in [5, 5.41) is 8.60. The first kappa shape index (κ1) is 13.7. The minimum absolute atomic E-state index is 0.511. The molecule has 6 heteroatoms. The van der Waals surface area contributed by atoms with Crippen LogP contribution in [0.5, 0.6) is 0 Å². The zero-order valence-corrected chi connectivity index (χ0v) is 13.4. The second-order valence-corrected chi connectivity index (χ2v) is 5.89. The van der Waals surface area contributed by atoms with Crippen molar-refractivity contribution in [2.24, 2.45) is 0 Å². The van der Waals surface area contributed by atoms with Crippen LogP contribution in [0.3, 0.4) is 0 Å². The lowest BCUT2D eigenvalue weighted by Gasteiger charge is -2.09. The van der Waals surface area contributed by atoms with E-state index in [2.05, 4.69) is 26.3 Å². The van der Waals surface area contributed by atoms with E-state index in [1.54, 1.807) is 0 Å². The molecule has 0 saturated heterocycles. The molecule has 3 nitrogen and oxygen atoms in total. The van der Waals surface area contributed by atoms with Gasteiger partial charge in [-0.1, -0.05) is 29.3 Å². The van der Waals surface area contributed by atoms with E-state index in [9.17, 15) is 0 Å². The van der Waals surface area contributed by atoms with Gasteiger partial charge in [0.25, 0.3) is 0 Å². The van der Waals surface area contributed by atoms with E-state index < -0.39 is 0 Å². The van der Waals surface area contributed by atoms with E-state index in [0.717, 1.165) is 21.2 Å². The molecular formula is C14H10BrCl2N3. The molecule has 0 saturated carbocycles. The molecule has 3 aromatic rings. The Balaban J connectivity index is 1.85. The molecule has 0 aliphatic heterocycles. The fourth-order valence-corrected chi connectivity index (χ4v) is 2.82. The largest absolute Gasteiger partial charge is 0.380 e. The average molecular weight is 371 g/mol. The van der Waals surface area contributed by atoms with Crippen LogP contribution in [0, 0.1) is 0 Å². The Morgan fingerprint density at radius 3 is 2.85 bits per heavy atom. The minimum Gasteiger partial charge on any atom is -0.380 e. The van der Waals surface area contributed by atoms with Crippen molar-refractivity contribution in [2.45, 2.75) is 6.54 Å². The van der Waals surface area contributed by atoms with Gasteiger partial charge in [-0.3, -0.25) is 0 Å². The second kappa shape index (κ2) is 5.64. The predicted octanol–water partition coefficient (Wildman–Crippen LogP) is 5.02. The van der Waals surface area contributed by atoms with Crippen LogP contribution in [-0.2, 0) is 6.54 Å².